The third-order valence-corrected chi connectivity index (χ3v) is 4.25. The average Bonchev–Trinajstić information content (AvgIpc) is 3.12. The van der Waals surface area contributed by atoms with Crippen LogP contribution >= 0.6 is 27.3 Å². The molecule has 0 spiro atoms. The SMILES string of the molecule is O=C(Cn1c(-c2cccs2)noc1=O)Nc1ccc(Br)cc1. The Kier molecular flexibility index (Phi) is 4.21. The molecule has 1 amide bonds. The van der Waals surface area contributed by atoms with E-state index in [-0.39, 0.29) is 12.5 Å². The Bertz CT molecular complexity index is 837. The van der Waals surface area contributed by atoms with Crippen LogP contribution in [0.5, 0.6) is 0 Å². The van der Waals surface area contributed by atoms with Gasteiger partial charge in [0.05, 0.1) is 4.88 Å². The van der Waals surface area contributed by atoms with Crippen molar-refractivity contribution in [2.45, 2.75) is 6.54 Å². The molecule has 2 aromatic heterocycles. The molecular formula is C14H10BrN3O3S. The molecule has 0 atom stereocenters. The van der Waals surface area contributed by atoms with Crippen LogP contribution in [0, 0.1) is 0 Å². The Morgan fingerprint density at radius 1 is 1.32 bits per heavy atom. The monoisotopic (exact) mass is 379 g/mol. The highest BCUT2D eigenvalue weighted by Gasteiger charge is 2.16. The molecule has 0 aliphatic heterocycles. The van der Waals surface area contributed by atoms with E-state index in [1.54, 1.807) is 12.1 Å². The normalized spacial score (nSPS) is 10.6. The molecule has 1 aromatic carbocycles. The third-order valence-electron chi connectivity index (χ3n) is 2.86. The maximum absolute atomic E-state index is 12.1. The quantitative estimate of drug-likeness (QED) is 0.755. The highest BCUT2D eigenvalue weighted by molar-refractivity contribution is 9.10. The van der Waals surface area contributed by atoms with E-state index in [0.29, 0.717) is 11.5 Å². The van der Waals surface area contributed by atoms with Crippen LogP contribution in [0.15, 0.2) is 55.6 Å². The lowest BCUT2D eigenvalue weighted by Crippen LogP contribution is -2.25. The topological polar surface area (TPSA) is 77.1 Å². The van der Waals surface area contributed by atoms with Gasteiger partial charge in [0.1, 0.15) is 6.54 Å². The van der Waals surface area contributed by atoms with Gasteiger partial charge < -0.3 is 5.32 Å². The Labute approximate surface area is 137 Å². The first-order valence-corrected chi connectivity index (χ1v) is 7.96. The lowest BCUT2D eigenvalue weighted by atomic mass is 10.3. The predicted molar refractivity (Wildman–Crippen MR) is 86.8 cm³/mol. The molecule has 3 rings (SSSR count). The number of hydrogen-bond acceptors (Lipinski definition) is 5. The summed E-state index contributed by atoms with van der Waals surface area (Å²) in [5.74, 6) is -0.634. The summed E-state index contributed by atoms with van der Waals surface area (Å²) < 4.78 is 6.79. The van der Waals surface area contributed by atoms with Gasteiger partial charge in [0.25, 0.3) is 0 Å². The zero-order valence-corrected chi connectivity index (χ0v) is 13.6. The minimum absolute atomic E-state index is 0.161. The summed E-state index contributed by atoms with van der Waals surface area (Å²) in [6.07, 6.45) is 0. The molecule has 0 saturated carbocycles. The van der Waals surface area contributed by atoms with Crippen LogP contribution in [0.1, 0.15) is 0 Å². The maximum Gasteiger partial charge on any atom is 0.442 e. The van der Waals surface area contributed by atoms with Crippen LogP contribution in [-0.2, 0) is 11.3 Å². The van der Waals surface area contributed by atoms with Crippen molar-refractivity contribution < 1.29 is 9.32 Å². The predicted octanol–water partition coefficient (Wildman–Crippen LogP) is 2.97. The summed E-state index contributed by atoms with van der Waals surface area (Å²) in [7, 11) is 0. The van der Waals surface area contributed by atoms with Gasteiger partial charge in [0.15, 0.2) is 5.82 Å². The fourth-order valence-corrected chi connectivity index (χ4v) is 2.85. The number of amides is 1. The number of carbonyl (C=O) groups excluding carboxylic acids is 1. The number of aromatic nitrogens is 2. The average molecular weight is 380 g/mol. The molecule has 0 bridgehead atoms. The summed E-state index contributed by atoms with van der Waals surface area (Å²) in [5, 5.41) is 8.31. The number of rotatable bonds is 4. The van der Waals surface area contributed by atoms with Gasteiger partial charge in [-0.15, -0.1) is 11.3 Å². The highest BCUT2D eigenvalue weighted by atomic mass is 79.9. The lowest BCUT2D eigenvalue weighted by Gasteiger charge is -2.06. The first-order valence-electron chi connectivity index (χ1n) is 6.29. The smallest absolute Gasteiger partial charge is 0.325 e. The number of nitrogens with one attached hydrogen (secondary N) is 1. The van der Waals surface area contributed by atoms with Crippen LogP contribution in [0.25, 0.3) is 10.7 Å². The third kappa shape index (κ3) is 3.18. The standard InChI is InChI=1S/C14H10BrN3O3S/c15-9-3-5-10(6-4-9)16-12(19)8-18-13(17-21-14(18)20)11-2-1-7-22-11/h1-7H,8H2,(H,16,19). The summed E-state index contributed by atoms with van der Waals surface area (Å²) in [5.41, 5.74) is 0.648. The minimum atomic E-state index is -0.658. The molecule has 2 heterocycles. The van der Waals surface area contributed by atoms with Gasteiger partial charge in [-0.3, -0.25) is 9.32 Å². The van der Waals surface area contributed by atoms with Crippen molar-refractivity contribution in [3.8, 4) is 10.7 Å². The van der Waals surface area contributed by atoms with E-state index in [4.69, 9.17) is 0 Å². The van der Waals surface area contributed by atoms with Gasteiger partial charge in [0, 0.05) is 10.2 Å². The van der Waals surface area contributed by atoms with Crippen molar-refractivity contribution in [3.63, 3.8) is 0 Å². The first-order chi connectivity index (χ1) is 10.6. The second-order valence-corrected chi connectivity index (χ2v) is 6.25. The molecular weight excluding hydrogens is 370 g/mol. The summed E-state index contributed by atoms with van der Waals surface area (Å²) in [6, 6.07) is 10.8. The molecule has 0 saturated heterocycles. The lowest BCUT2D eigenvalue weighted by molar-refractivity contribution is -0.116. The first kappa shape index (κ1) is 14.7. The summed E-state index contributed by atoms with van der Waals surface area (Å²) in [6.45, 7) is -0.161. The Hall–Kier alpha value is -2.19. The fraction of sp³-hybridized carbons (Fsp3) is 0.0714. The van der Waals surface area contributed by atoms with Crippen molar-refractivity contribution in [1.82, 2.24) is 9.72 Å². The van der Waals surface area contributed by atoms with Crippen LogP contribution in [0.3, 0.4) is 0 Å². The van der Waals surface area contributed by atoms with Gasteiger partial charge in [-0.2, -0.15) is 0 Å². The molecule has 22 heavy (non-hydrogen) atoms. The number of nitrogens with zero attached hydrogens (tertiary/aromatic N) is 2. The number of carbonyl (C=O) groups is 1. The van der Waals surface area contributed by atoms with Crippen LogP contribution < -0.4 is 11.1 Å². The fourth-order valence-electron chi connectivity index (χ4n) is 1.87. The van der Waals surface area contributed by atoms with Gasteiger partial charge in [-0.1, -0.05) is 27.2 Å². The van der Waals surface area contributed by atoms with Crippen LogP contribution in [0.4, 0.5) is 5.69 Å². The van der Waals surface area contributed by atoms with E-state index in [1.165, 1.54) is 15.9 Å². The number of hydrogen-bond donors (Lipinski definition) is 1. The molecule has 3 aromatic rings. The van der Waals surface area contributed by atoms with Crippen molar-refractivity contribution in [2.24, 2.45) is 0 Å². The molecule has 112 valence electrons. The molecule has 0 fully saturated rings. The maximum atomic E-state index is 12.1. The molecule has 0 aliphatic rings. The van der Waals surface area contributed by atoms with E-state index in [0.717, 1.165) is 9.35 Å². The molecule has 0 aliphatic carbocycles. The molecule has 0 radical (unpaired) electrons. The van der Waals surface area contributed by atoms with Gasteiger partial charge >= 0.3 is 5.76 Å². The van der Waals surface area contributed by atoms with E-state index < -0.39 is 5.76 Å². The Morgan fingerprint density at radius 2 is 2.09 bits per heavy atom. The molecule has 0 unspecified atom stereocenters. The summed E-state index contributed by atoms with van der Waals surface area (Å²) in [4.78, 5) is 24.6. The molecule has 6 nitrogen and oxygen atoms in total. The number of thiophene rings is 1. The Morgan fingerprint density at radius 3 is 2.77 bits per heavy atom. The highest BCUT2D eigenvalue weighted by Crippen LogP contribution is 2.21. The number of benzene rings is 1. The van der Waals surface area contributed by atoms with E-state index in [2.05, 4.69) is 30.9 Å². The Balaban J connectivity index is 1.78. The van der Waals surface area contributed by atoms with Crippen molar-refractivity contribution >= 4 is 38.9 Å². The van der Waals surface area contributed by atoms with Gasteiger partial charge in [-0.05, 0) is 35.7 Å². The van der Waals surface area contributed by atoms with Crippen molar-refractivity contribution in [3.05, 3.63) is 56.8 Å². The van der Waals surface area contributed by atoms with E-state index in [1.807, 2.05) is 29.6 Å². The van der Waals surface area contributed by atoms with Crippen LogP contribution in [-0.4, -0.2) is 15.6 Å². The summed E-state index contributed by atoms with van der Waals surface area (Å²) >= 11 is 4.74. The zero-order valence-electron chi connectivity index (χ0n) is 11.2. The van der Waals surface area contributed by atoms with Crippen molar-refractivity contribution in [1.29, 1.82) is 0 Å². The van der Waals surface area contributed by atoms with Gasteiger partial charge in [-0.25, -0.2) is 9.36 Å². The van der Waals surface area contributed by atoms with Gasteiger partial charge in [0.2, 0.25) is 5.91 Å². The largest absolute Gasteiger partial charge is 0.442 e. The molecule has 8 heteroatoms. The van der Waals surface area contributed by atoms with Crippen LogP contribution in [0.2, 0.25) is 0 Å². The number of anilines is 1. The van der Waals surface area contributed by atoms with Crippen molar-refractivity contribution in [2.75, 3.05) is 5.32 Å². The van der Waals surface area contributed by atoms with E-state index >= 15 is 0 Å². The van der Waals surface area contributed by atoms with E-state index in [9.17, 15) is 9.59 Å². The second kappa shape index (κ2) is 6.29. The second-order valence-electron chi connectivity index (χ2n) is 4.39. The minimum Gasteiger partial charge on any atom is -0.325 e. The zero-order chi connectivity index (χ0) is 15.5. The number of halogens is 1. The molecule has 1 N–H and O–H groups in total.